The van der Waals surface area contributed by atoms with E-state index < -0.39 is 12.6 Å². The molecule has 20 heavy (non-hydrogen) atoms. The van der Waals surface area contributed by atoms with Crippen LogP contribution in [-0.4, -0.2) is 37.3 Å². The van der Waals surface area contributed by atoms with Crippen LogP contribution >= 0.6 is 0 Å². The van der Waals surface area contributed by atoms with Gasteiger partial charge in [0.25, 0.3) is 0 Å². The number of hydrogen-bond donors (Lipinski definition) is 1. The van der Waals surface area contributed by atoms with E-state index in [4.69, 9.17) is 0 Å². The van der Waals surface area contributed by atoms with E-state index in [1.165, 1.54) is 0 Å². The van der Waals surface area contributed by atoms with Crippen molar-refractivity contribution in [3.63, 3.8) is 0 Å². The second kappa shape index (κ2) is 6.59. The van der Waals surface area contributed by atoms with Crippen LogP contribution < -0.4 is 5.32 Å². The number of nitrogens with one attached hydrogen (secondary N) is 1. The molecular weight excluding hydrogens is 265 g/mol. The van der Waals surface area contributed by atoms with Gasteiger partial charge in [0, 0.05) is 38.6 Å². The molecule has 1 heterocycles. The average Bonchev–Trinajstić information content (AvgIpc) is 2.39. The summed E-state index contributed by atoms with van der Waals surface area (Å²) in [4.78, 5) is 2.16. The molecule has 2 rings (SSSR count). The maximum absolute atomic E-state index is 12.5. The van der Waals surface area contributed by atoms with Gasteiger partial charge in [-0.05, 0) is 18.9 Å². The largest absolute Gasteiger partial charge is 0.389 e. The number of piperazine rings is 1. The van der Waals surface area contributed by atoms with Crippen LogP contribution in [0.25, 0.3) is 0 Å². The van der Waals surface area contributed by atoms with Crippen LogP contribution in [0.5, 0.6) is 0 Å². The van der Waals surface area contributed by atoms with E-state index in [2.05, 4.69) is 10.2 Å². The van der Waals surface area contributed by atoms with Crippen molar-refractivity contribution in [1.29, 1.82) is 0 Å². The Morgan fingerprint density at radius 1 is 1.25 bits per heavy atom. The first-order valence-electron chi connectivity index (χ1n) is 7.04. The Bertz CT molecular complexity index is 425. The van der Waals surface area contributed by atoms with E-state index in [1.54, 1.807) is 0 Å². The highest BCUT2D eigenvalue weighted by molar-refractivity contribution is 5.25. The number of nitrogens with zero attached hydrogens (tertiary/aromatic N) is 1. The first-order chi connectivity index (χ1) is 9.46. The molecule has 1 aliphatic heterocycles. The third kappa shape index (κ3) is 4.49. The van der Waals surface area contributed by atoms with Gasteiger partial charge in [0.1, 0.15) is 0 Å². The van der Waals surface area contributed by atoms with Crippen LogP contribution in [0, 0.1) is 6.92 Å². The van der Waals surface area contributed by atoms with Crippen molar-refractivity contribution in [3.05, 3.63) is 35.4 Å². The second-order valence-electron chi connectivity index (χ2n) is 5.37. The fraction of sp³-hybridized carbons (Fsp3) is 0.600. The Hall–Kier alpha value is -1.07. The van der Waals surface area contributed by atoms with Crippen LogP contribution in [0.15, 0.2) is 24.3 Å². The summed E-state index contributed by atoms with van der Waals surface area (Å²) >= 11 is 0. The lowest BCUT2D eigenvalue weighted by atomic mass is 9.98. The van der Waals surface area contributed by atoms with Crippen molar-refractivity contribution < 1.29 is 13.2 Å². The molecule has 0 radical (unpaired) electrons. The maximum Gasteiger partial charge on any atom is 0.389 e. The molecule has 1 saturated heterocycles. The summed E-state index contributed by atoms with van der Waals surface area (Å²) in [6.45, 7) is 5.26. The monoisotopic (exact) mass is 286 g/mol. The average molecular weight is 286 g/mol. The molecule has 112 valence electrons. The topological polar surface area (TPSA) is 15.3 Å². The summed E-state index contributed by atoms with van der Waals surface area (Å²) < 4.78 is 37.6. The predicted octanol–water partition coefficient (Wildman–Crippen LogP) is 3.28. The number of rotatable bonds is 4. The van der Waals surface area contributed by atoms with Crippen molar-refractivity contribution >= 4 is 0 Å². The molecule has 0 spiro atoms. The van der Waals surface area contributed by atoms with E-state index in [1.807, 2.05) is 31.2 Å². The minimum absolute atomic E-state index is 0.132. The number of benzene rings is 1. The van der Waals surface area contributed by atoms with Gasteiger partial charge in [0.05, 0.1) is 0 Å². The molecule has 0 bridgehead atoms. The molecule has 1 N–H and O–H groups in total. The highest BCUT2D eigenvalue weighted by Gasteiger charge is 2.31. The zero-order valence-corrected chi connectivity index (χ0v) is 11.7. The van der Waals surface area contributed by atoms with E-state index in [0.717, 1.165) is 37.3 Å². The number of hydrogen-bond acceptors (Lipinski definition) is 2. The normalized spacial score (nSPS) is 19.0. The number of halogens is 3. The molecule has 1 aromatic carbocycles. The SMILES string of the molecule is Cc1cccc([C@H](CCC(F)(F)F)N2CCNCC2)c1. The van der Waals surface area contributed by atoms with Crippen LogP contribution in [0.1, 0.15) is 30.0 Å². The molecule has 0 aliphatic carbocycles. The maximum atomic E-state index is 12.5. The van der Waals surface area contributed by atoms with E-state index in [-0.39, 0.29) is 12.5 Å². The van der Waals surface area contributed by atoms with Crippen molar-refractivity contribution in [2.45, 2.75) is 32.0 Å². The molecule has 0 unspecified atom stereocenters. The lowest BCUT2D eigenvalue weighted by Gasteiger charge is -2.35. The quantitative estimate of drug-likeness (QED) is 0.913. The Kier molecular flexibility index (Phi) is 5.05. The molecule has 1 fully saturated rings. The summed E-state index contributed by atoms with van der Waals surface area (Å²) in [6, 6.07) is 7.70. The Morgan fingerprint density at radius 2 is 1.95 bits per heavy atom. The highest BCUT2D eigenvalue weighted by Crippen LogP contribution is 2.31. The fourth-order valence-electron chi connectivity index (χ4n) is 2.73. The third-order valence-corrected chi connectivity index (χ3v) is 3.72. The molecule has 0 amide bonds. The van der Waals surface area contributed by atoms with Gasteiger partial charge < -0.3 is 5.32 Å². The van der Waals surface area contributed by atoms with Gasteiger partial charge in [-0.2, -0.15) is 13.2 Å². The minimum atomic E-state index is -4.09. The van der Waals surface area contributed by atoms with Gasteiger partial charge in [-0.1, -0.05) is 29.8 Å². The number of alkyl halides is 3. The van der Waals surface area contributed by atoms with Gasteiger partial charge >= 0.3 is 6.18 Å². The van der Waals surface area contributed by atoms with E-state index >= 15 is 0 Å². The zero-order valence-electron chi connectivity index (χ0n) is 11.7. The van der Waals surface area contributed by atoms with Gasteiger partial charge in [0.2, 0.25) is 0 Å². The third-order valence-electron chi connectivity index (χ3n) is 3.72. The van der Waals surface area contributed by atoms with Gasteiger partial charge in [0.15, 0.2) is 0 Å². The van der Waals surface area contributed by atoms with Crippen molar-refractivity contribution in [1.82, 2.24) is 10.2 Å². The van der Waals surface area contributed by atoms with Crippen LogP contribution in [0.3, 0.4) is 0 Å². The molecule has 2 nitrogen and oxygen atoms in total. The standard InChI is InChI=1S/C15H21F3N2/c1-12-3-2-4-13(11-12)14(5-6-15(16,17)18)20-9-7-19-8-10-20/h2-4,11,14,19H,5-10H2,1H3/t14-/m0/s1. The van der Waals surface area contributed by atoms with Crippen LogP contribution in [-0.2, 0) is 0 Å². The molecule has 5 heteroatoms. The Balaban J connectivity index is 2.14. The van der Waals surface area contributed by atoms with Crippen molar-refractivity contribution in [3.8, 4) is 0 Å². The van der Waals surface area contributed by atoms with Gasteiger partial charge in [-0.15, -0.1) is 0 Å². The second-order valence-corrected chi connectivity index (χ2v) is 5.37. The lowest BCUT2D eigenvalue weighted by Crippen LogP contribution is -2.45. The Labute approximate surface area is 118 Å². The van der Waals surface area contributed by atoms with Crippen LogP contribution in [0.4, 0.5) is 13.2 Å². The first-order valence-corrected chi connectivity index (χ1v) is 7.04. The van der Waals surface area contributed by atoms with Gasteiger partial charge in [-0.3, -0.25) is 4.90 Å². The predicted molar refractivity (Wildman–Crippen MR) is 73.7 cm³/mol. The summed E-state index contributed by atoms with van der Waals surface area (Å²) in [5.74, 6) is 0. The molecule has 1 atom stereocenters. The summed E-state index contributed by atoms with van der Waals surface area (Å²) in [7, 11) is 0. The van der Waals surface area contributed by atoms with E-state index in [9.17, 15) is 13.2 Å². The lowest BCUT2D eigenvalue weighted by molar-refractivity contribution is -0.138. The van der Waals surface area contributed by atoms with Crippen molar-refractivity contribution in [2.24, 2.45) is 0 Å². The zero-order chi connectivity index (χ0) is 14.6. The summed E-state index contributed by atoms with van der Waals surface area (Å²) in [6.07, 6.45) is -4.68. The molecular formula is C15H21F3N2. The number of aryl methyl sites for hydroxylation is 1. The Morgan fingerprint density at radius 3 is 2.55 bits per heavy atom. The highest BCUT2D eigenvalue weighted by atomic mass is 19.4. The summed E-state index contributed by atoms with van der Waals surface area (Å²) in [5.41, 5.74) is 2.09. The summed E-state index contributed by atoms with van der Waals surface area (Å²) in [5, 5.41) is 3.24. The molecule has 0 saturated carbocycles. The molecule has 1 aliphatic rings. The minimum Gasteiger partial charge on any atom is -0.314 e. The molecule has 0 aromatic heterocycles. The first kappa shape index (κ1) is 15.3. The molecule has 1 aromatic rings. The van der Waals surface area contributed by atoms with Crippen molar-refractivity contribution in [2.75, 3.05) is 26.2 Å². The van der Waals surface area contributed by atoms with Crippen LogP contribution in [0.2, 0.25) is 0 Å². The van der Waals surface area contributed by atoms with E-state index in [0.29, 0.717) is 0 Å². The fourth-order valence-corrected chi connectivity index (χ4v) is 2.73. The smallest absolute Gasteiger partial charge is 0.314 e. The van der Waals surface area contributed by atoms with Gasteiger partial charge in [-0.25, -0.2) is 0 Å².